The van der Waals surface area contributed by atoms with Crippen LogP contribution in [0.2, 0.25) is 0 Å². The van der Waals surface area contributed by atoms with Crippen LogP contribution >= 0.6 is 0 Å². The third-order valence-corrected chi connectivity index (χ3v) is 8.36. The lowest BCUT2D eigenvalue weighted by Crippen LogP contribution is -2.44. The molecule has 0 spiro atoms. The first-order valence-electron chi connectivity index (χ1n) is 11.6. The number of hydrogen-bond acceptors (Lipinski definition) is 6. The zero-order valence-electron chi connectivity index (χ0n) is 19.0. The van der Waals surface area contributed by atoms with E-state index in [4.69, 9.17) is 9.26 Å². The van der Waals surface area contributed by atoms with Crippen molar-refractivity contribution in [2.45, 2.75) is 71.3 Å². The number of amidine groups is 1. The van der Waals surface area contributed by atoms with Crippen molar-refractivity contribution in [3.8, 4) is 0 Å². The van der Waals surface area contributed by atoms with Crippen molar-refractivity contribution in [1.82, 2.24) is 5.16 Å². The van der Waals surface area contributed by atoms with Crippen LogP contribution in [0.1, 0.15) is 59.2 Å². The molecule has 178 valence electrons. The predicted octanol–water partition coefficient (Wildman–Crippen LogP) is 2.33. The summed E-state index contributed by atoms with van der Waals surface area (Å²) in [7, 11) is -4.37. The fourth-order valence-electron chi connectivity index (χ4n) is 5.23. The van der Waals surface area contributed by atoms with Crippen LogP contribution in [-0.2, 0) is 40.6 Å². The second kappa shape index (κ2) is 8.64. The maximum Gasteiger partial charge on any atom is 0.348 e. The summed E-state index contributed by atoms with van der Waals surface area (Å²) in [6, 6.07) is 0.961. The van der Waals surface area contributed by atoms with E-state index in [0.29, 0.717) is 37.3 Å². The molecule has 1 saturated heterocycles. The van der Waals surface area contributed by atoms with E-state index in [0.717, 1.165) is 59.6 Å². The minimum atomic E-state index is -4.37. The van der Waals surface area contributed by atoms with Crippen molar-refractivity contribution < 1.29 is 22.8 Å². The van der Waals surface area contributed by atoms with E-state index in [1.807, 2.05) is 0 Å². The Morgan fingerprint density at radius 3 is 2.33 bits per heavy atom. The van der Waals surface area contributed by atoms with E-state index in [1.54, 1.807) is 13.8 Å². The highest BCUT2D eigenvalue weighted by Gasteiger charge is 2.36. The first-order chi connectivity index (χ1) is 15.8. The van der Waals surface area contributed by atoms with Gasteiger partial charge in [0, 0.05) is 24.5 Å². The van der Waals surface area contributed by atoms with Gasteiger partial charge in [-0.3, -0.25) is 0 Å². The molecule has 0 radical (unpaired) electrons. The summed E-state index contributed by atoms with van der Waals surface area (Å²) >= 11 is 0. The number of hydrogen-bond donors (Lipinski definition) is 1. The molecular weight excluding hydrogens is 444 g/mol. The van der Waals surface area contributed by atoms with Gasteiger partial charge < -0.3 is 19.7 Å². The Kier molecular flexibility index (Phi) is 5.82. The monoisotopic (exact) mass is 473 g/mol. The van der Waals surface area contributed by atoms with Crippen LogP contribution in [0.25, 0.3) is 0 Å². The predicted molar refractivity (Wildman–Crippen MR) is 123 cm³/mol. The number of anilines is 2. The molecule has 0 amide bonds. The molecule has 1 fully saturated rings. The molecule has 33 heavy (non-hydrogen) atoms. The van der Waals surface area contributed by atoms with Crippen LogP contribution in [0.15, 0.2) is 15.0 Å². The Bertz CT molecular complexity index is 1170. The summed E-state index contributed by atoms with van der Waals surface area (Å²) in [5.41, 5.74) is 6.73. The number of benzene rings is 1. The van der Waals surface area contributed by atoms with Gasteiger partial charge in [-0.05, 0) is 87.5 Å². The number of ether oxygens (including phenoxy) is 1. The van der Waals surface area contributed by atoms with Crippen LogP contribution in [0.5, 0.6) is 0 Å². The molecule has 0 bridgehead atoms. The highest BCUT2D eigenvalue weighted by Crippen LogP contribution is 2.38. The summed E-state index contributed by atoms with van der Waals surface area (Å²) in [5, 5.41) is 19.7. The standard InChI is InChI=1S/C23H30N4O5S/c1-14-15(2)25-32-22(14)27(18-9-11-31-12-10-18)33(29,30)26-23(28)24-21-19-7-3-5-16(19)13-17-6-4-8-20(17)21/h13,18H,3-12H2,1-2H3,(H2,24,26,28)/p-1. The number of fused-ring (bicyclic) bond motifs is 2. The number of nitrogens with zero attached hydrogens (tertiary/aromatic N) is 3. The number of nitrogens with one attached hydrogen (secondary N) is 1. The summed E-state index contributed by atoms with van der Waals surface area (Å²) in [6.45, 7) is 4.35. The zero-order valence-corrected chi connectivity index (χ0v) is 19.8. The summed E-state index contributed by atoms with van der Waals surface area (Å²) in [5.74, 6) is 0.109. The minimum Gasteiger partial charge on any atom is -0.845 e. The summed E-state index contributed by atoms with van der Waals surface area (Å²) in [4.78, 5) is 0. The van der Waals surface area contributed by atoms with Gasteiger partial charge in [-0.25, -0.2) is 4.31 Å². The highest BCUT2D eigenvalue weighted by molar-refractivity contribution is 7.91. The van der Waals surface area contributed by atoms with Gasteiger partial charge in [-0.1, -0.05) is 11.2 Å². The van der Waals surface area contributed by atoms with E-state index >= 15 is 0 Å². The lowest BCUT2D eigenvalue weighted by molar-refractivity contribution is -0.213. The lowest BCUT2D eigenvalue weighted by atomic mass is 9.99. The van der Waals surface area contributed by atoms with Crippen molar-refractivity contribution >= 4 is 27.8 Å². The van der Waals surface area contributed by atoms with Gasteiger partial charge in [0.2, 0.25) is 5.88 Å². The zero-order chi connectivity index (χ0) is 23.2. The van der Waals surface area contributed by atoms with E-state index < -0.39 is 22.3 Å². The van der Waals surface area contributed by atoms with E-state index in [9.17, 15) is 13.5 Å². The summed E-state index contributed by atoms with van der Waals surface area (Å²) < 4.78 is 42.4. The smallest absolute Gasteiger partial charge is 0.348 e. The number of aromatic nitrogens is 1. The molecule has 0 saturated carbocycles. The Labute approximate surface area is 194 Å². The van der Waals surface area contributed by atoms with Crippen LogP contribution in [0.3, 0.4) is 0 Å². The number of aryl methyl sites for hydroxylation is 3. The second-order valence-corrected chi connectivity index (χ2v) is 10.5. The molecule has 0 unspecified atom stereocenters. The van der Waals surface area contributed by atoms with Crippen LogP contribution < -0.4 is 14.7 Å². The van der Waals surface area contributed by atoms with Crippen LogP contribution in [0.4, 0.5) is 11.6 Å². The molecule has 9 nitrogen and oxygen atoms in total. The van der Waals surface area contributed by atoms with E-state index in [1.165, 1.54) is 11.1 Å². The fourth-order valence-corrected chi connectivity index (χ4v) is 6.54. The van der Waals surface area contributed by atoms with Crippen molar-refractivity contribution in [1.29, 1.82) is 0 Å². The van der Waals surface area contributed by atoms with Gasteiger partial charge in [0.05, 0.1) is 17.8 Å². The normalized spacial score (nSPS) is 18.9. The third-order valence-electron chi connectivity index (χ3n) is 7.01. The number of rotatable bonds is 5. The average Bonchev–Trinajstić information content (AvgIpc) is 3.51. The van der Waals surface area contributed by atoms with Gasteiger partial charge in [0.25, 0.3) is 0 Å². The van der Waals surface area contributed by atoms with Crippen molar-refractivity contribution in [3.63, 3.8) is 0 Å². The van der Waals surface area contributed by atoms with Crippen LogP contribution in [-0.4, -0.2) is 38.9 Å². The Balaban J connectivity index is 1.50. The van der Waals surface area contributed by atoms with Crippen molar-refractivity contribution in [3.05, 3.63) is 39.6 Å². The molecule has 0 atom stereocenters. The molecule has 1 aromatic heterocycles. The Hall–Kier alpha value is -2.59. The maximum atomic E-state index is 13.4. The first-order valence-corrected chi connectivity index (χ1v) is 13.0. The topological polar surface area (TPSA) is 120 Å². The molecule has 10 heteroatoms. The molecule has 1 aromatic carbocycles. The minimum absolute atomic E-state index is 0.109. The van der Waals surface area contributed by atoms with Crippen molar-refractivity contribution in [2.75, 3.05) is 22.8 Å². The van der Waals surface area contributed by atoms with Gasteiger partial charge in [0.1, 0.15) is 0 Å². The van der Waals surface area contributed by atoms with Gasteiger partial charge >= 0.3 is 10.2 Å². The van der Waals surface area contributed by atoms with Gasteiger partial charge in [0.15, 0.2) is 0 Å². The molecule has 2 heterocycles. The third kappa shape index (κ3) is 4.10. The largest absolute Gasteiger partial charge is 0.845 e. The Morgan fingerprint density at radius 2 is 1.76 bits per heavy atom. The maximum absolute atomic E-state index is 13.4. The molecule has 5 rings (SSSR count). The molecule has 1 aliphatic heterocycles. The molecule has 1 N–H and O–H groups in total. The molecule has 3 aliphatic rings. The van der Waals surface area contributed by atoms with Gasteiger partial charge in [-0.15, -0.1) is 4.40 Å². The average molecular weight is 474 g/mol. The van der Waals surface area contributed by atoms with Gasteiger partial charge in [-0.2, -0.15) is 8.42 Å². The van der Waals surface area contributed by atoms with Crippen LogP contribution in [0, 0.1) is 13.8 Å². The molecular formula is C23H29N4O5S-. The van der Waals surface area contributed by atoms with E-state index in [2.05, 4.69) is 20.9 Å². The summed E-state index contributed by atoms with van der Waals surface area (Å²) in [6.07, 6.45) is 6.79. The fraction of sp³-hybridized carbons (Fsp3) is 0.565. The lowest BCUT2D eigenvalue weighted by Gasteiger charge is -2.32. The second-order valence-electron chi connectivity index (χ2n) is 9.07. The molecule has 2 aliphatic carbocycles. The van der Waals surface area contributed by atoms with E-state index in [-0.39, 0.29) is 5.88 Å². The highest BCUT2D eigenvalue weighted by atomic mass is 32.2. The van der Waals surface area contributed by atoms with Crippen molar-refractivity contribution in [2.24, 2.45) is 4.40 Å². The SMILES string of the molecule is Cc1noc(N(C2CCOCC2)S(=O)(=O)/N=C(\[O-])Nc2c3c(cc4c2CCC4)CCC3)c1C. The molecule has 2 aromatic rings. The first kappa shape index (κ1) is 22.2. The Morgan fingerprint density at radius 1 is 1.12 bits per heavy atom. The quantitative estimate of drug-likeness (QED) is 0.523.